The van der Waals surface area contributed by atoms with Gasteiger partial charge in [0.1, 0.15) is 5.56 Å². The molecule has 0 aromatic carbocycles. The molecule has 0 saturated carbocycles. The first kappa shape index (κ1) is 13.7. The smallest absolute Gasteiger partial charge is 0.339 e. The van der Waals surface area contributed by atoms with Crippen LogP contribution >= 0.6 is 0 Å². The Morgan fingerprint density at radius 2 is 2.12 bits per heavy atom. The largest absolute Gasteiger partial charge is 0.478 e. The minimum Gasteiger partial charge on any atom is -0.478 e. The van der Waals surface area contributed by atoms with Crippen LogP contribution < -0.4 is 0 Å². The lowest BCUT2D eigenvalue weighted by Gasteiger charge is -2.23. The molecule has 0 radical (unpaired) electrons. The van der Waals surface area contributed by atoms with Crippen molar-refractivity contribution in [3.8, 4) is 0 Å². The number of carbonyl (C=O) groups is 1. The summed E-state index contributed by atoms with van der Waals surface area (Å²) in [5.41, 5.74) is 0.558. The van der Waals surface area contributed by atoms with Crippen LogP contribution in [0.15, 0.2) is 6.20 Å². The average molecular weight is 240 g/mol. The van der Waals surface area contributed by atoms with E-state index in [0.717, 1.165) is 0 Å². The lowest BCUT2D eigenvalue weighted by Crippen LogP contribution is -2.26. The van der Waals surface area contributed by atoms with Crippen molar-refractivity contribution in [1.82, 2.24) is 9.78 Å². The molecule has 1 aromatic heterocycles. The highest BCUT2D eigenvalue weighted by Gasteiger charge is 2.24. The van der Waals surface area contributed by atoms with Crippen molar-refractivity contribution in [2.75, 3.05) is 0 Å². The van der Waals surface area contributed by atoms with Crippen molar-refractivity contribution < 1.29 is 14.6 Å². The summed E-state index contributed by atoms with van der Waals surface area (Å²) in [6.07, 6.45) is 1.44. The molecule has 17 heavy (non-hydrogen) atoms. The molecule has 1 heterocycles. The van der Waals surface area contributed by atoms with Gasteiger partial charge in [-0.1, -0.05) is 0 Å². The average Bonchev–Trinajstić information content (AvgIpc) is 2.56. The molecule has 0 aliphatic carbocycles. The van der Waals surface area contributed by atoms with Crippen LogP contribution in [0.1, 0.15) is 50.7 Å². The minimum absolute atomic E-state index is 0.0555. The van der Waals surface area contributed by atoms with Gasteiger partial charge in [-0.2, -0.15) is 5.10 Å². The number of ether oxygens (including phenoxy) is 1. The van der Waals surface area contributed by atoms with E-state index in [1.54, 1.807) is 4.68 Å². The van der Waals surface area contributed by atoms with Gasteiger partial charge in [0.25, 0.3) is 0 Å². The van der Waals surface area contributed by atoms with Crippen molar-refractivity contribution in [3.05, 3.63) is 17.5 Å². The Balaban J connectivity index is 3.11. The highest BCUT2D eigenvalue weighted by atomic mass is 16.5. The molecule has 0 saturated heterocycles. The van der Waals surface area contributed by atoms with Gasteiger partial charge in [-0.15, -0.1) is 0 Å². The van der Waals surface area contributed by atoms with Crippen LogP contribution in [0.4, 0.5) is 0 Å². The maximum absolute atomic E-state index is 11.1. The molecular formula is C12H20N2O3. The Hall–Kier alpha value is -1.36. The summed E-state index contributed by atoms with van der Waals surface area (Å²) in [7, 11) is 0. The number of nitrogens with zero attached hydrogens (tertiary/aromatic N) is 2. The summed E-state index contributed by atoms with van der Waals surface area (Å²) in [5.74, 6) is -0.970. The van der Waals surface area contributed by atoms with Crippen LogP contribution in [0.25, 0.3) is 0 Å². The first-order valence-electron chi connectivity index (χ1n) is 5.65. The Labute approximate surface area is 101 Å². The zero-order valence-electron chi connectivity index (χ0n) is 11.0. The quantitative estimate of drug-likeness (QED) is 0.876. The van der Waals surface area contributed by atoms with E-state index >= 15 is 0 Å². The Morgan fingerprint density at radius 1 is 1.53 bits per heavy atom. The lowest BCUT2D eigenvalue weighted by atomic mass is 10.1. The van der Waals surface area contributed by atoms with Crippen molar-refractivity contribution in [3.63, 3.8) is 0 Å². The van der Waals surface area contributed by atoms with Crippen molar-refractivity contribution in [1.29, 1.82) is 0 Å². The zero-order valence-corrected chi connectivity index (χ0v) is 11.0. The number of rotatable bonds is 4. The summed E-state index contributed by atoms with van der Waals surface area (Å²) in [6.45, 7) is 10.0. The van der Waals surface area contributed by atoms with Crippen LogP contribution in [0.5, 0.6) is 0 Å². The molecule has 1 aromatic rings. The predicted octanol–water partition coefficient (Wildman–Crippen LogP) is 2.26. The van der Waals surface area contributed by atoms with E-state index in [1.807, 2.05) is 34.6 Å². The highest BCUT2D eigenvalue weighted by Crippen LogP contribution is 2.20. The van der Waals surface area contributed by atoms with Gasteiger partial charge in [-0.3, -0.25) is 4.68 Å². The predicted molar refractivity (Wildman–Crippen MR) is 64.1 cm³/mol. The maximum Gasteiger partial charge on any atom is 0.339 e. The van der Waals surface area contributed by atoms with Gasteiger partial charge in [0, 0.05) is 0 Å². The first-order chi connectivity index (χ1) is 7.73. The summed E-state index contributed by atoms with van der Waals surface area (Å²) in [5, 5.41) is 13.2. The van der Waals surface area contributed by atoms with Crippen LogP contribution in [-0.4, -0.2) is 27.0 Å². The van der Waals surface area contributed by atoms with E-state index in [-0.39, 0.29) is 23.8 Å². The number of aromatic carboxylic acids is 1. The lowest BCUT2D eigenvalue weighted by molar-refractivity contribution is 0.0551. The third-order valence-corrected chi connectivity index (χ3v) is 2.29. The first-order valence-corrected chi connectivity index (χ1v) is 5.65. The van der Waals surface area contributed by atoms with Crippen LogP contribution in [-0.2, 0) is 16.9 Å². The summed E-state index contributed by atoms with van der Waals surface area (Å²) < 4.78 is 7.20. The van der Waals surface area contributed by atoms with Crippen molar-refractivity contribution in [2.45, 2.75) is 52.9 Å². The van der Waals surface area contributed by atoms with Gasteiger partial charge < -0.3 is 9.84 Å². The molecule has 0 atom stereocenters. The van der Waals surface area contributed by atoms with Gasteiger partial charge in [-0.25, -0.2) is 4.79 Å². The normalized spacial score (nSPS) is 12.1. The number of hydrogen-bond donors (Lipinski definition) is 1. The van der Waals surface area contributed by atoms with E-state index in [1.165, 1.54) is 6.20 Å². The summed E-state index contributed by atoms with van der Waals surface area (Å²) in [6, 6.07) is 0. The fraction of sp³-hybridized carbons (Fsp3) is 0.667. The molecule has 1 N–H and O–H groups in total. The van der Waals surface area contributed by atoms with E-state index in [0.29, 0.717) is 5.69 Å². The van der Waals surface area contributed by atoms with Crippen molar-refractivity contribution >= 4 is 5.97 Å². The Bertz CT molecular complexity index is 402. The molecular weight excluding hydrogens is 220 g/mol. The third kappa shape index (κ3) is 3.30. The van der Waals surface area contributed by atoms with Crippen molar-refractivity contribution in [2.24, 2.45) is 0 Å². The molecule has 0 unspecified atom stereocenters. The van der Waals surface area contributed by atoms with E-state index in [4.69, 9.17) is 9.84 Å². The van der Waals surface area contributed by atoms with Crippen LogP contribution in [0, 0.1) is 0 Å². The number of aromatic nitrogens is 2. The number of carboxylic acid groups (broad SMARTS) is 1. The van der Waals surface area contributed by atoms with E-state index < -0.39 is 5.97 Å². The summed E-state index contributed by atoms with van der Waals surface area (Å²) >= 11 is 0. The van der Waals surface area contributed by atoms with Crippen LogP contribution in [0.3, 0.4) is 0 Å². The van der Waals surface area contributed by atoms with E-state index in [9.17, 15) is 4.79 Å². The van der Waals surface area contributed by atoms with E-state index in [2.05, 4.69) is 5.10 Å². The van der Waals surface area contributed by atoms with Crippen LogP contribution in [0.2, 0.25) is 0 Å². The Morgan fingerprint density at radius 3 is 2.53 bits per heavy atom. The fourth-order valence-corrected chi connectivity index (χ4v) is 1.51. The summed E-state index contributed by atoms with van der Waals surface area (Å²) in [4.78, 5) is 11.1. The fourth-order valence-electron chi connectivity index (χ4n) is 1.51. The topological polar surface area (TPSA) is 64.3 Å². The van der Waals surface area contributed by atoms with Gasteiger partial charge in [-0.05, 0) is 34.6 Å². The molecule has 96 valence electrons. The molecule has 0 aliphatic heterocycles. The second kappa shape index (κ2) is 4.87. The molecule has 0 bridgehead atoms. The molecule has 0 spiro atoms. The van der Waals surface area contributed by atoms with Gasteiger partial charge in [0.2, 0.25) is 0 Å². The molecule has 1 rings (SSSR count). The number of hydrogen-bond acceptors (Lipinski definition) is 3. The molecule has 5 nitrogen and oxygen atoms in total. The number of carboxylic acids is 1. The standard InChI is InChI=1S/C12H20N2O3/c1-8(2)17-7-10-9(11(15)16)6-13-14(10)12(3,4)5/h6,8H,7H2,1-5H3,(H,15,16). The van der Waals surface area contributed by atoms with Gasteiger partial charge in [0.15, 0.2) is 0 Å². The third-order valence-electron chi connectivity index (χ3n) is 2.29. The second-order valence-electron chi connectivity index (χ2n) is 5.25. The zero-order chi connectivity index (χ0) is 13.2. The molecule has 5 heteroatoms. The minimum atomic E-state index is -0.970. The molecule has 0 amide bonds. The Kier molecular flexibility index (Phi) is 3.93. The monoisotopic (exact) mass is 240 g/mol. The van der Waals surface area contributed by atoms with Gasteiger partial charge >= 0.3 is 5.97 Å². The maximum atomic E-state index is 11.1. The second-order valence-corrected chi connectivity index (χ2v) is 5.25. The molecule has 0 aliphatic rings. The highest BCUT2D eigenvalue weighted by molar-refractivity contribution is 5.88. The molecule has 0 fully saturated rings. The SMILES string of the molecule is CC(C)OCc1c(C(=O)O)cnn1C(C)(C)C. The van der Waals surface area contributed by atoms with Gasteiger partial charge in [0.05, 0.1) is 30.1 Å².